The number of piperazine rings is 1. The lowest BCUT2D eigenvalue weighted by atomic mass is 9.99. The fraction of sp³-hybridized carbons (Fsp3) is 0.933. The van der Waals surface area contributed by atoms with E-state index in [0.717, 1.165) is 12.8 Å². The molecule has 0 spiro atoms. The SMILES string of the molecule is CCN1CCN(C2CCC(C#N)(NC3CC3)C2)CC1. The Bertz CT molecular complexity index is 352. The van der Waals surface area contributed by atoms with Crippen LogP contribution in [0.4, 0.5) is 0 Å². The van der Waals surface area contributed by atoms with E-state index in [1.165, 1.54) is 52.0 Å². The van der Waals surface area contributed by atoms with E-state index in [-0.39, 0.29) is 5.54 Å². The van der Waals surface area contributed by atoms with Crippen molar-refractivity contribution in [2.24, 2.45) is 0 Å². The molecule has 1 N–H and O–H groups in total. The molecule has 0 bridgehead atoms. The lowest BCUT2D eigenvalue weighted by Crippen LogP contribution is -2.51. The topological polar surface area (TPSA) is 42.3 Å². The van der Waals surface area contributed by atoms with Crippen LogP contribution >= 0.6 is 0 Å². The van der Waals surface area contributed by atoms with Gasteiger partial charge in [-0.05, 0) is 38.6 Å². The standard InChI is InChI=1S/C15H26N4/c1-2-18-7-9-19(10-8-18)14-5-6-15(11-14,12-16)17-13-3-4-13/h13-14,17H,2-11H2,1H3. The quantitative estimate of drug-likeness (QED) is 0.826. The van der Waals surface area contributed by atoms with E-state index in [9.17, 15) is 5.26 Å². The molecule has 0 amide bonds. The minimum Gasteiger partial charge on any atom is -0.301 e. The first-order valence-corrected chi connectivity index (χ1v) is 7.90. The number of nitrogens with one attached hydrogen (secondary N) is 1. The molecule has 2 unspecified atom stereocenters. The Kier molecular flexibility index (Phi) is 3.79. The monoisotopic (exact) mass is 262 g/mol. The molecular weight excluding hydrogens is 236 g/mol. The fourth-order valence-corrected chi connectivity index (χ4v) is 3.66. The summed E-state index contributed by atoms with van der Waals surface area (Å²) in [5.74, 6) is 0. The van der Waals surface area contributed by atoms with Gasteiger partial charge in [0.1, 0.15) is 5.54 Å². The summed E-state index contributed by atoms with van der Waals surface area (Å²) in [5.41, 5.74) is -0.215. The molecule has 0 aromatic heterocycles. The minimum absolute atomic E-state index is 0.215. The van der Waals surface area contributed by atoms with Crippen LogP contribution in [-0.2, 0) is 0 Å². The minimum atomic E-state index is -0.215. The van der Waals surface area contributed by atoms with Crippen LogP contribution in [0.1, 0.15) is 39.0 Å². The van der Waals surface area contributed by atoms with Crippen LogP contribution in [-0.4, -0.2) is 60.1 Å². The van der Waals surface area contributed by atoms with Crippen molar-refractivity contribution in [1.82, 2.24) is 15.1 Å². The zero-order valence-corrected chi connectivity index (χ0v) is 12.1. The predicted octanol–water partition coefficient (Wildman–Crippen LogP) is 1.19. The molecule has 0 radical (unpaired) electrons. The van der Waals surface area contributed by atoms with Crippen molar-refractivity contribution in [2.45, 2.75) is 56.7 Å². The van der Waals surface area contributed by atoms with Gasteiger partial charge in [-0.15, -0.1) is 0 Å². The van der Waals surface area contributed by atoms with Crippen LogP contribution in [0.25, 0.3) is 0 Å². The number of nitriles is 1. The Hall–Kier alpha value is -0.630. The second-order valence-corrected chi connectivity index (χ2v) is 6.48. The number of hydrogen-bond donors (Lipinski definition) is 1. The van der Waals surface area contributed by atoms with Crippen molar-refractivity contribution in [2.75, 3.05) is 32.7 Å². The largest absolute Gasteiger partial charge is 0.301 e. The van der Waals surface area contributed by atoms with Crippen molar-refractivity contribution in [3.8, 4) is 6.07 Å². The summed E-state index contributed by atoms with van der Waals surface area (Å²) in [6.45, 7) is 8.17. The Labute approximate surface area is 116 Å². The molecule has 1 aliphatic heterocycles. The summed E-state index contributed by atoms with van der Waals surface area (Å²) < 4.78 is 0. The molecular formula is C15H26N4. The summed E-state index contributed by atoms with van der Waals surface area (Å²) in [6, 6.07) is 3.85. The van der Waals surface area contributed by atoms with Crippen LogP contribution in [0.3, 0.4) is 0 Å². The van der Waals surface area contributed by atoms with Gasteiger partial charge in [-0.2, -0.15) is 5.26 Å². The summed E-state index contributed by atoms with van der Waals surface area (Å²) >= 11 is 0. The van der Waals surface area contributed by atoms with Crippen LogP contribution in [0.2, 0.25) is 0 Å². The van der Waals surface area contributed by atoms with Crippen molar-refractivity contribution in [3.63, 3.8) is 0 Å². The first-order valence-electron chi connectivity index (χ1n) is 7.90. The van der Waals surface area contributed by atoms with E-state index in [1.54, 1.807) is 0 Å². The normalized spacial score (nSPS) is 37.4. The van der Waals surface area contributed by atoms with Crippen LogP contribution in [0, 0.1) is 11.3 Å². The Morgan fingerprint density at radius 1 is 1.21 bits per heavy atom. The molecule has 1 saturated heterocycles. The first kappa shape index (κ1) is 13.4. The highest BCUT2D eigenvalue weighted by molar-refractivity contribution is 5.15. The molecule has 2 saturated carbocycles. The zero-order chi connectivity index (χ0) is 13.3. The third-order valence-corrected chi connectivity index (χ3v) is 5.13. The van der Waals surface area contributed by atoms with Gasteiger partial charge in [0.15, 0.2) is 0 Å². The molecule has 4 nitrogen and oxygen atoms in total. The lowest BCUT2D eigenvalue weighted by Gasteiger charge is -2.38. The maximum Gasteiger partial charge on any atom is 0.108 e. The first-order chi connectivity index (χ1) is 9.24. The van der Waals surface area contributed by atoms with Crippen molar-refractivity contribution < 1.29 is 0 Å². The highest BCUT2D eigenvalue weighted by Crippen LogP contribution is 2.36. The van der Waals surface area contributed by atoms with Gasteiger partial charge in [0.25, 0.3) is 0 Å². The molecule has 2 aliphatic carbocycles. The van der Waals surface area contributed by atoms with Crippen LogP contribution in [0.5, 0.6) is 0 Å². The van der Waals surface area contributed by atoms with E-state index in [1.807, 2.05) is 0 Å². The molecule has 3 rings (SSSR count). The van der Waals surface area contributed by atoms with E-state index >= 15 is 0 Å². The Balaban J connectivity index is 1.54. The lowest BCUT2D eigenvalue weighted by molar-refractivity contribution is 0.0989. The predicted molar refractivity (Wildman–Crippen MR) is 75.8 cm³/mol. The zero-order valence-electron chi connectivity index (χ0n) is 12.1. The average Bonchev–Trinajstić information content (AvgIpc) is 3.16. The van der Waals surface area contributed by atoms with Gasteiger partial charge in [-0.25, -0.2) is 0 Å². The fourth-order valence-electron chi connectivity index (χ4n) is 3.66. The van der Waals surface area contributed by atoms with Gasteiger partial charge < -0.3 is 4.90 Å². The second kappa shape index (κ2) is 5.40. The molecule has 3 aliphatic rings. The number of rotatable bonds is 4. The van der Waals surface area contributed by atoms with Gasteiger partial charge in [0, 0.05) is 38.3 Å². The number of nitrogens with zero attached hydrogens (tertiary/aromatic N) is 3. The highest BCUT2D eigenvalue weighted by atomic mass is 15.3. The summed E-state index contributed by atoms with van der Waals surface area (Å²) in [4.78, 5) is 5.14. The second-order valence-electron chi connectivity index (χ2n) is 6.48. The van der Waals surface area contributed by atoms with E-state index in [0.29, 0.717) is 12.1 Å². The van der Waals surface area contributed by atoms with Crippen LogP contribution in [0.15, 0.2) is 0 Å². The van der Waals surface area contributed by atoms with Gasteiger partial charge in [-0.1, -0.05) is 6.92 Å². The Morgan fingerprint density at radius 2 is 1.95 bits per heavy atom. The molecule has 106 valence electrons. The molecule has 0 aromatic carbocycles. The summed E-state index contributed by atoms with van der Waals surface area (Å²) in [7, 11) is 0. The molecule has 2 atom stereocenters. The van der Waals surface area contributed by atoms with E-state index in [4.69, 9.17) is 0 Å². The molecule has 4 heteroatoms. The molecule has 1 heterocycles. The smallest absolute Gasteiger partial charge is 0.108 e. The number of hydrogen-bond acceptors (Lipinski definition) is 4. The summed E-state index contributed by atoms with van der Waals surface area (Å²) in [6.07, 6.45) is 5.80. The molecule has 0 aromatic rings. The summed E-state index contributed by atoms with van der Waals surface area (Å²) in [5, 5.41) is 13.2. The number of likely N-dealkylation sites (N-methyl/N-ethyl adjacent to an activating group) is 1. The third kappa shape index (κ3) is 2.94. The van der Waals surface area contributed by atoms with Crippen molar-refractivity contribution in [1.29, 1.82) is 5.26 Å². The van der Waals surface area contributed by atoms with Gasteiger partial charge in [0.2, 0.25) is 0 Å². The van der Waals surface area contributed by atoms with Crippen molar-refractivity contribution >= 4 is 0 Å². The highest BCUT2D eigenvalue weighted by Gasteiger charge is 2.44. The van der Waals surface area contributed by atoms with Gasteiger partial charge >= 0.3 is 0 Å². The van der Waals surface area contributed by atoms with E-state index in [2.05, 4.69) is 28.1 Å². The van der Waals surface area contributed by atoms with Gasteiger partial charge in [0.05, 0.1) is 6.07 Å². The Morgan fingerprint density at radius 3 is 2.53 bits per heavy atom. The van der Waals surface area contributed by atoms with Crippen molar-refractivity contribution in [3.05, 3.63) is 0 Å². The average molecular weight is 262 g/mol. The third-order valence-electron chi connectivity index (χ3n) is 5.13. The van der Waals surface area contributed by atoms with Crippen LogP contribution < -0.4 is 5.32 Å². The van der Waals surface area contributed by atoms with E-state index < -0.39 is 0 Å². The molecule has 19 heavy (non-hydrogen) atoms. The maximum absolute atomic E-state index is 9.55. The van der Waals surface area contributed by atoms with Gasteiger partial charge in [-0.3, -0.25) is 10.2 Å². The molecule has 3 fully saturated rings. The maximum atomic E-state index is 9.55.